The Hall–Kier alpha value is 0.390. The molecule has 1 nitrogen and oxygen atoms in total. The Morgan fingerprint density at radius 3 is 2.71 bits per heavy atom. The molecule has 0 saturated heterocycles. The topological polar surface area (TPSA) is 9.23 Å². The number of halogens is 2. The Morgan fingerprint density at radius 2 is 2.14 bits per heavy atom. The van der Waals surface area contributed by atoms with E-state index in [9.17, 15) is 0 Å². The van der Waals surface area contributed by atoms with E-state index >= 15 is 0 Å². The molecule has 1 fully saturated rings. The molecule has 0 amide bonds. The third-order valence-corrected chi connectivity index (χ3v) is 3.80. The van der Waals surface area contributed by atoms with Gasteiger partial charge in [0.15, 0.2) is 0 Å². The summed E-state index contributed by atoms with van der Waals surface area (Å²) in [7, 11) is 0. The number of rotatable bonds is 4. The lowest BCUT2D eigenvalue weighted by molar-refractivity contribution is 0.0566. The van der Waals surface area contributed by atoms with Crippen molar-refractivity contribution in [3.63, 3.8) is 0 Å². The van der Waals surface area contributed by atoms with E-state index in [4.69, 9.17) is 4.74 Å². The molecule has 1 unspecified atom stereocenters. The molecule has 2 rings (SSSR count). The van der Waals surface area contributed by atoms with E-state index in [1.165, 1.54) is 18.4 Å². The summed E-state index contributed by atoms with van der Waals surface area (Å²) >= 11 is 5.95. The van der Waals surface area contributed by atoms with Gasteiger partial charge in [-0.25, -0.2) is 0 Å². The van der Waals surface area contributed by atoms with Crippen molar-refractivity contribution in [2.75, 3.05) is 4.43 Å². The zero-order valence-corrected chi connectivity index (χ0v) is 11.5. The Kier molecular flexibility index (Phi) is 3.85. The highest BCUT2D eigenvalue weighted by Crippen LogP contribution is 2.34. The SMILES string of the molecule is Brc1ccccc1C(CI)OC1CC1. The van der Waals surface area contributed by atoms with Crippen LogP contribution in [0, 0.1) is 0 Å². The molecule has 0 aliphatic heterocycles. The van der Waals surface area contributed by atoms with Crippen molar-refractivity contribution < 1.29 is 4.74 Å². The molecular weight excluding hydrogens is 355 g/mol. The molecule has 0 N–H and O–H groups in total. The second-order valence-corrected chi connectivity index (χ2v) is 5.24. The van der Waals surface area contributed by atoms with Crippen LogP contribution in [0.3, 0.4) is 0 Å². The zero-order valence-electron chi connectivity index (χ0n) is 7.75. The Labute approximate surface area is 106 Å². The van der Waals surface area contributed by atoms with Crippen molar-refractivity contribution in [2.45, 2.75) is 25.0 Å². The van der Waals surface area contributed by atoms with Crippen molar-refractivity contribution in [2.24, 2.45) is 0 Å². The van der Waals surface area contributed by atoms with Crippen LogP contribution >= 0.6 is 38.5 Å². The van der Waals surface area contributed by atoms with E-state index in [-0.39, 0.29) is 6.10 Å². The first-order chi connectivity index (χ1) is 6.81. The lowest BCUT2D eigenvalue weighted by Gasteiger charge is -2.16. The normalized spacial score (nSPS) is 18.1. The second kappa shape index (κ2) is 4.94. The van der Waals surface area contributed by atoms with E-state index in [0.29, 0.717) is 6.10 Å². The van der Waals surface area contributed by atoms with Gasteiger partial charge in [-0.15, -0.1) is 0 Å². The van der Waals surface area contributed by atoms with E-state index in [1.54, 1.807) is 0 Å². The van der Waals surface area contributed by atoms with E-state index in [0.717, 1.165) is 8.90 Å². The minimum atomic E-state index is 0.249. The number of hydrogen-bond acceptors (Lipinski definition) is 1. The monoisotopic (exact) mass is 366 g/mol. The lowest BCUT2D eigenvalue weighted by Crippen LogP contribution is -2.07. The summed E-state index contributed by atoms with van der Waals surface area (Å²) in [5.41, 5.74) is 1.27. The van der Waals surface area contributed by atoms with Gasteiger partial charge in [-0.1, -0.05) is 56.7 Å². The fourth-order valence-electron chi connectivity index (χ4n) is 1.37. The van der Waals surface area contributed by atoms with Crippen LogP contribution in [0.4, 0.5) is 0 Å². The largest absolute Gasteiger partial charge is 0.369 e. The summed E-state index contributed by atoms with van der Waals surface area (Å²) < 4.78 is 8.11. The number of hydrogen-bond donors (Lipinski definition) is 0. The van der Waals surface area contributed by atoms with Crippen LogP contribution in [0.15, 0.2) is 28.7 Å². The van der Waals surface area contributed by atoms with Gasteiger partial charge in [-0.2, -0.15) is 0 Å². The van der Waals surface area contributed by atoms with Crippen molar-refractivity contribution >= 4 is 38.5 Å². The average molecular weight is 367 g/mol. The van der Waals surface area contributed by atoms with Gasteiger partial charge in [0.2, 0.25) is 0 Å². The van der Waals surface area contributed by atoms with Crippen LogP contribution in [0.1, 0.15) is 24.5 Å². The summed E-state index contributed by atoms with van der Waals surface area (Å²) in [5, 5.41) is 0. The molecule has 76 valence electrons. The molecule has 1 aliphatic rings. The van der Waals surface area contributed by atoms with E-state index in [2.05, 4.69) is 56.7 Å². The minimum Gasteiger partial charge on any atom is -0.369 e. The summed E-state index contributed by atoms with van der Waals surface area (Å²) in [4.78, 5) is 0. The van der Waals surface area contributed by atoms with Crippen molar-refractivity contribution in [3.05, 3.63) is 34.3 Å². The van der Waals surface area contributed by atoms with Crippen LogP contribution in [0.5, 0.6) is 0 Å². The van der Waals surface area contributed by atoms with Crippen molar-refractivity contribution in [1.29, 1.82) is 0 Å². The number of ether oxygens (including phenoxy) is 1. The van der Waals surface area contributed by atoms with Crippen LogP contribution in [0.25, 0.3) is 0 Å². The minimum absolute atomic E-state index is 0.249. The maximum atomic E-state index is 5.94. The predicted octanol–water partition coefficient (Wildman–Crippen LogP) is 4.10. The van der Waals surface area contributed by atoms with Crippen LogP contribution < -0.4 is 0 Å². The van der Waals surface area contributed by atoms with Gasteiger partial charge < -0.3 is 4.74 Å². The van der Waals surface area contributed by atoms with E-state index in [1.807, 2.05) is 6.07 Å². The molecule has 1 atom stereocenters. The van der Waals surface area contributed by atoms with Gasteiger partial charge in [-0.05, 0) is 24.5 Å². The van der Waals surface area contributed by atoms with Crippen molar-refractivity contribution in [1.82, 2.24) is 0 Å². The highest BCUT2D eigenvalue weighted by Gasteiger charge is 2.27. The van der Waals surface area contributed by atoms with Crippen molar-refractivity contribution in [3.8, 4) is 0 Å². The third-order valence-electron chi connectivity index (χ3n) is 2.27. The first-order valence-electron chi connectivity index (χ1n) is 4.77. The van der Waals surface area contributed by atoms with Gasteiger partial charge >= 0.3 is 0 Å². The summed E-state index contributed by atoms with van der Waals surface area (Å²) in [6.07, 6.45) is 3.23. The second-order valence-electron chi connectivity index (χ2n) is 3.50. The molecule has 0 heterocycles. The van der Waals surface area contributed by atoms with Crippen LogP contribution in [-0.4, -0.2) is 10.5 Å². The fraction of sp³-hybridized carbons (Fsp3) is 0.455. The van der Waals surface area contributed by atoms with Gasteiger partial charge in [0, 0.05) is 8.90 Å². The van der Waals surface area contributed by atoms with E-state index < -0.39 is 0 Å². The molecular formula is C11H12BrIO. The van der Waals surface area contributed by atoms with Gasteiger partial charge in [0.05, 0.1) is 12.2 Å². The molecule has 0 radical (unpaired) electrons. The molecule has 0 spiro atoms. The standard InChI is InChI=1S/C11H12BrIO/c12-10-4-2-1-3-9(10)11(7-13)14-8-5-6-8/h1-4,8,11H,5-7H2. The Balaban J connectivity index is 2.12. The van der Waals surface area contributed by atoms with Gasteiger partial charge in [-0.3, -0.25) is 0 Å². The molecule has 1 aromatic carbocycles. The fourth-order valence-corrected chi connectivity index (χ4v) is 2.59. The van der Waals surface area contributed by atoms with Gasteiger partial charge in [0.25, 0.3) is 0 Å². The third kappa shape index (κ3) is 2.70. The average Bonchev–Trinajstić information content (AvgIpc) is 2.99. The number of benzene rings is 1. The Morgan fingerprint density at radius 1 is 1.43 bits per heavy atom. The smallest absolute Gasteiger partial charge is 0.0928 e. The van der Waals surface area contributed by atoms with Crippen LogP contribution in [-0.2, 0) is 4.74 Å². The lowest BCUT2D eigenvalue weighted by atomic mass is 10.1. The molecule has 1 aromatic rings. The molecule has 1 saturated carbocycles. The number of alkyl halides is 1. The van der Waals surface area contributed by atoms with Gasteiger partial charge in [0.1, 0.15) is 0 Å². The highest BCUT2D eigenvalue weighted by molar-refractivity contribution is 14.1. The zero-order chi connectivity index (χ0) is 9.97. The quantitative estimate of drug-likeness (QED) is 0.575. The maximum Gasteiger partial charge on any atom is 0.0928 e. The molecule has 1 aliphatic carbocycles. The molecule has 14 heavy (non-hydrogen) atoms. The molecule has 0 bridgehead atoms. The predicted molar refractivity (Wildman–Crippen MR) is 69.9 cm³/mol. The van der Waals surface area contributed by atoms with Crippen LogP contribution in [0.2, 0.25) is 0 Å². The summed E-state index contributed by atoms with van der Waals surface area (Å²) in [5.74, 6) is 0. The first kappa shape index (κ1) is 10.9. The highest BCUT2D eigenvalue weighted by atomic mass is 127. The molecule has 3 heteroatoms. The molecule has 0 aromatic heterocycles. The summed E-state index contributed by atoms with van der Waals surface area (Å²) in [6.45, 7) is 0. The Bertz CT molecular complexity index is 312. The first-order valence-corrected chi connectivity index (χ1v) is 7.09. The maximum absolute atomic E-state index is 5.94. The summed E-state index contributed by atoms with van der Waals surface area (Å²) in [6, 6.07) is 8.31.